The zero-order valence-corrected chi connectivity index (χ0v) is 10.3. The summed E-state index contributed by atoms with van der Waals surface area (Å²) in [5.74, 6) is 0.666. The van der Waals surface area contributed by atoms with Gasteiger partial charge in [0, 0.05) is 6.07 Å². The van der Waals surface area contributed by atoms with E-state index in [2.05, 4.69) is 0 Å². The molecule has 100 valence electrons. The van der Waals surface area contributed by atoms with Crippen molar-refractivity contribution in [1.29, 1.82) is 0 Å². The molecule has 0 spiro atoms. The minimum Gasteiger partial charge on any atom is -0.463 e. The molecule has 0 aliphatic carbocycles. The summed E-state index contributed by atoms with van der Waals surface area (Å²) in [7, 11) is 0. The van der Waals surface area contributed by atoms with Crippen molar-refractivity contribution in [2.45, 2.75) is 6.42 Å². The lowest BCUT2D eigenvalue weighted by Gasteiger charge is -2.09. The van der Waals surface area contributed by atoms with Gasteiger partial charge in [-0.2, -0.15) is 0 Å². The molecule has 0 aliphatic rings. The average Bonchev–Trinajstić information content (AvgIpc) is 2.40. The van der Waals surface area contributed by atoms with Crippen LogP contribution < -0.4 is 9.47 Å². The molecule has 0 amide bonds. The van der Waals surface area contributed by atoms with Crippen molar-refractivity contribution in [1.82, 2.24) is 0 Å². The molecule has 0 heterocycles. The second kappa shape index (κ2) is 6.73. The van der Waals surface area contributed by atoms with E-state index in [4.69, 9.17) is 9.47 Å². The van der Waals surface area contributed by atoms with Gasteiger partial charge in [-0.25, -0.2) is 8.78 Å². The van der Waals surface area contributed by atoms with Gasteiger partial charge < -0.3 is 9.47 Å². The molecular weight excluding hydrogens is 250 g/mol. The number of alkyl halides is 2. The minimum atomic E-state index is -0.927. The maximum Gasteiger partial charge on any atom is 0.228 e. The fraction of sp³-hybridized carbons (Fsp3) is 0.200. The Kier molecular flexibility index (Phi) is 4.72. The Morgan fingerprint density at radius 3 is 1.84 bits per heavy atom. The fourth-order valence-corrected chi connectivity index (χ4v) is 1.86. The first-order chi connectivity index (χ1) is 9.31. The number of hydrogen-bond acceptors (Lipinski definition) is 2. The molecular formula is C15H14F2O2. The molecule has 2 rings (SSSR count). The van der Waals surface area contributed by atoms with Crippen LogP contribution in [-0.2, 0) is 6.42 Å². The monoisotopic (exact) mass is 264 g/mol. The third kappa shape index (κ3) is 3.95. The summed E-state index contributed by atoms with van der Waals surface area (Å²) in [6.07, 6.45) is 0.646. The Morgan fingerprint density at radius 1 is 0.737 bits per heavy atom. The summed E-state index contributed by atoms with van der Waals surface area (Å²) >= 11 is 0. The molecule has 0 unspecified atom stereocenters. The van der Waals surface area contributed by atoms with Crippen molar-refractivity contribution >= 4 is 0 Å². The van der Waals surface area contributed by atoms with E-state index in [0.29, 0.717) is 17.9 Å². The molecule has 2 nitrogen and oxygen atoms in total. The van der Waals surface area contributed by atoms with Gasteiger partial charge in [-0.15, -0.1) is 0 Å². The van der Waals surface area contributed by atoms with Crippen LogP contribution in [0.5, 0.6) is 11.5 Å². The summed E-state index contributed by atoms with van der Waals surface area (Å²) in [4.78, 5) is 0. The van der Waals surface area contributed by atoms with Crippen molar-refractivity contribution in [3.8, 4) is 11.5 Å². The molecule has 0 fully saturated rings. The quantitative estimate of drug-likeness (QED) is 0.788. The van der Waals surface area contributed by atoms with Crippen LogP contribution in [0.25, 0.3) is 0 Å². The van der Waals surface area contributed by atoms with Crippen molar-refractivity contribution in [3.05, 3.63) is 59.7 Å². The van der Waals surface area contributed by atoms with Gasteiger partial charge in [0.1, 0.15) is 11.5 Å². The number of hydrogen-bond donors (Lipinski definition) is 0. The molecule has 19 heavy (non-hydrogen) atoms. The second-order valence-electron chi connectivity index (χ2n) is 3.98. The molecule has 2 aromatic rings. The molecule has 0 radical (unpaired) electrons. The zero-order valence-electron chi connectivity index (χ0n) is 10.3. The first-order valence-corrected chi connectivity index (χ1v) is 5.87. The number of halogens is 2. The summed E-state index contributed by atoms with van der Waals surface area (Å²) in [5, 5.41) is 0. The van der Waals surface area contributed by atoms with Gasteiger partial charge in [0.2, 0.25) is 13.7 Å². The molecule has 4 heteroatoms. The summed E-state index contributed by atoms with van der Waals surface area (Å²) in [6, 6.07) is 14.7. The highest BCUT2D eigenvalue weighted by molar-refractivity contribution is 5.40. The van der Waals surface area contributed by atoms with Crippen LogP contribution in [0.3, 0.4) is 0 Å². The van der Waals surface area contributed by atoms with E-state index in [1.54, 1.807) is 12.1 Å². The van der Waals surface area contributed by atoms with E-state index in [1.165, 1.54) is 6.07 Å². The smallest absolute Gasteiger partial charge is 0.228 e. The van der Waals surface area contributed by atoms with Crippen LogP contribution in [-0.4, -0.2) is 13.7 Å². The van der Waals surface area contributed by atoms with Crippen LogP contribution in [0.15, 0.2) is 48.5 Å². The van der Waals surface area contributed by atoms with Crippen molar-refractivity contribution in [2.24, 2.45) is 0 Å². The van der Waals surface area contributed by atoms with Gasteiger partial charge in [0.25, 0.3) is 0 Å². The molecule has 0 bridgehead atoms. The van der Waals surface area contributed by atoms with Gasteiger partial charge in [-0.3, -0.25) is 0 Å². The van der Waals surface area contributed by atoms with Crippen LogP contribution in [0, 0.1) is 0 Å². The van der Waals surface area contributed by atoms with Gasteiger partial charge in [-0.05, 0) is 29.7 Å². The molecule has 0 aliphatic heterocycles. The highest BCUT2D eigenvalue weighted by atomic mass is 19.1. The first-order valence-electron chi connectivity index (χ1n) is 5.87. The van der Waals surface area contributed by atoms with E-state index >= 15 is 0 Å². The van der Waals surface area contributed by atoms with E-state index in [1.807, 2.05) is 30.3 Å². The van der Waals surface area contributed by atoms with Gasteiger partial charge in [0.15, 0.2) is 0 Å². The predicted molar refractivity (Wildman–Crippen MR) is 68.9 cm³/mol. The fourth-order valence-electron chi connectivity index (χ4n) is 1.86. The molecule has 0 saturated heterocycles. The van der Waals surface area contributed by atoms with Crippen molar-refractivity contribution < 1.29 is 18.3 Å². The maximum atomic E-state index is 12.2. The average molecular weight is 264 g/mol. The van der Waals surface area contributed by atoms with Crippen LogP contribution in [0.2, 0.25) is 0 Å². The largest absolute Gasteiger partial charge is 0.463 e. The Bertz CT molecular complexity index is 491. The Hall–Kier alpha value is -2.10. The summed E-state index contributed by atoms with van der Waals surface area (Å²) in [5.41, 5.74) is 1.98. The summed E-state index contributed by atoms with van der Waals surface area (Å²) < 4.78 is 34.0. The lowest BCUT2D eigenvalue weighted by molar-refractivity contribution is 0.182. The van der Waals surface area contributed by atoms with E-state index in [-0.39, 0.29) is 0 Å². The zero-order chi connectivity index (χ0) is 13.5. The first kappa shape index (κ1) is 13.3. The maximum absolute atomic E-state index is 12.2. The number of rotatable bonds is 6. The predicted octanol–water partition coefficient (Wildman–Crippen LogP) is 3.89. The molecule has 0 N–H and O–H groups in total. The standard InChI is InChI=1S/C15H14F2O2/c16-10-18-14-7-13(8-15(9-14)19-11-17)6-12-4-2-1-3-5-12/h1-5,7-9H,6,10-11H2. The minimum absolute atomic E-state index is 0.333. The van der Waals surface area contributed by atoms with Crippen LogP contribution >= 0.6 is 0 Å². The molecule has 2 aromatic carbocycles. The van der Waals surface area contributed by atoms with Crippen molar-refractivity contribution in [3.63, 3.8) is 0 Å². The third-order valence-electron chi connectivity index (χ3n) is 2.63. The van der Waals surface area contributed by atoms with Crippen molar-refractivity contribution in [2.75, 3.05) is 13.7 Å². The lowest BCUT2D eigenvalue weighted by Crippen LogP contribution is -1.97. The Labute approximate surface area is 110 Å². The topological polar surface area (TPSA) is 18.5 Å². The lowest BCUT2D eigenvalue weighted by atomic mass is 10.0. The highest BCUT2D eigenvalue weighted by Gasteiger charge is 2.04. The third-order valence-corrected chi connectivity index (χ3v) is 2.63. The number of benzene rings is 2. The SMILES string of the molecule is FCOc1cc(Cc2ccccc2)cc(OCF)c1. The van der Waals surface area contributed by atoms with Gasteiger partial charge in [-0.1, -0.05) is 30.3 Å². The van der Waals surface area contributed by atoms with Crippen LogP contribution in [0.1, 0.15) is 11.1 Å². The van der Waals surface area contributed by atoms with E-state index < -0.39 is 13.7 Å². The van der Waals surface area contributed by atoms with E-state index in [9.17, 15) is 8.78 Å². The van der Waals surface area contributed by atoms with Gasteiger partial charge >= 0.3 is 0 Å². The second-order valence-corrected chi connectivity index (χ2v) is 3.98. The Balaban J connectivity index is 2.23. The molecule has 0 saturated carbocycles. The van der Waals surface area contributed by atoms with E-state index in [0.717, 1.165) is 11.1 Å². The highest BCUT2D eigenvalue weighted by Crippen LogP contribution is 2.25. The normalized spacial score (nSPS) is 10.2. The van der Waals surface area contributed by atoms with Gasteiger partial charge in [0.05, 0.1) is 0 Å². The number of ether oxygens (including phenoxy) is 2. The van der Waals surface area contributed by atoms with Crippen LogP contribution in [0.4, 0.5) is 8.78 Å². The molecule has 0 atom stereocenters. The molecule has 0 aromatic heterocycles. The summed E-state index contributed by atoms with van der Waals surface area (Å²) in [6.45, 7) is -1.85. The Morgan fingerprint density at radius 2 is 1.32 bits per heavy atom.